The molecule has 5 rings (SSSR count). The molecule has 3 heterocycles. The predicted molar refractivity (Wildman–Crippen MR) is 117 cm³/mol. The van der Waals surface area contributed by atoms with E-state index in [-0.39, 0.29) is 17.9 Å². The molecule has 0 bridgehead atoms. The number of amides is 2. The maximum absolute atomic E-state index is 13.2. The predicted octanol–water partition coefficient (Wildman–Crippen LogP) is 3.36. The van der Waals surface area contributed by atoms with Gasteiger partial charge in [0, 0.05) is 17.1 Å². The first-order valence-electron chi connectivity index (χ1n) is 9.74. The van der Waals surface area contributed by atoms with Crippen molar-refractivity contribution in [3.05, 3.63) is 74.7 Å². The normalized spacial score (nSPS) is 16.6. The Hall–Kier alpha value is -3.65. The van der Waals surface area contributed by atoms with Crippen LogP contribution in [-0.4, -0.2) is 31.6 Å². The van der Waals surface area contributed by atoms with Crippen LogP contribution in [0.15, 0.2) is 47.3 Å². The second-order valence-corrected chi connectivity index (χ2v) is 8.03. The van der Waals surface area contributed by atoms with E-state index in [9.17, 15) is 14.4 Å². The van der Waals surface area contributed by atoms with Crippen LogP contribution in [0.4, 0.5) is 5.69 Å². The number of rotatable bonds is 3. The largest absolute Gasteiger partial charge is 0.322 e. The van der Waals surface area contributed by atoms with E-state index in [0.29, 0.717) is 27.9 Å². The van der Waals surface area contributed by atoms with Crippen molar-refractivity contribution in [3.8, 4) is 5.95 Å². The third-order valence-corrected chi connectivity index (χ3v) is 6.02. The first kappa shape index (κ1) is 19.3. The van der Waals surface area contributed by atoms with Crippen LogP contribution in [0.25, 0.3) is 17.0 Å². The van der Waals surface area contributed by atoms with Crippen LogP contribution in [0, 0.1) is 13.8 Å². The molecule has 2 aromatic heterocycles. The van der Waals surface area contributed by atoms with Crippen molar-refractivity contribution in [3.63, 3.8) is 0 Å². The minimum absolute atomic E-state index is 0.0849. The lowest BCUT2D eigenvalue weighted by Crippen LogP contribution is -2.31. The molecular weight excluding hydrogens is 418 g/mol. The van der Waals surface area contributed by atoms with Crippen molar-refractivity contribution in [1.82, 2.24) is 19.7 Å². The number of para-hydroxylation sites is 2. The van der Waals surface area contributed by atoms with E-state index in [1.54, 1.807) is 25.1 Å². The van der Waals surface area contributed by atoms with Gasteiger partial charge < -0.3 is 4.98 Å². The second-order valence-electron chi connectivity index (χ2n) is 7.63. The van der Waals surface area contributed by atoms with Crippen molar-refractivity contribution in [1.29, 1.82) is 0 Å². The minimum Gasteiger partial charge on any atom is -0.322 e. The number of nitrogens with one attached hydrogen (secondary N) is 2. The molecule has 1 aliphatic rings. The van der Waals surface area contributed by atoms with Crippen molar-refractivity contribution in [2.75, 3.05) is 4.90 Å². The van der Waals surface area contributed by atoms with Crippen LogP contribution in [0.3, 0.4) is 0 Å². The number of halogens is 1. The number of fused-ring (bicyclic) bond motifs is 1. The number of aromatic nitrogens is 4. The van der Waals surface area contributed by atoms with E-state index < -0.39 is 17.4 Å². The molecule has 0 aliphatic carbocycles. The maximum Gasteiger partial charge on any atom is 0.278 e. The minimum atomic E-state index is -0.873. The molecule has 1 atom stereocenters. The van der Waals surface area contributed by atoms with Crippen LogP contribution in [0.5, 0.6) is 0 Å². The lowest BCUT2D eigenvalue weighted by Gasteiger charge is -2.15. The maximum atomic E-state index is 13.2. The van der Waals surface area contributed by atoms with Gasteiger partial charge in [0.25, 0.3) is 5.56 Å². The number of aryl methyl sites for hydroxylation is 2. The summed E-state index contributed by atoms with van der Waals surface area (Å²) < 4.78 is 1.27. The summed E-state index contributed by atoms with van der Waals surface area (Å²) in [4.78, 5) is 47.7. The zero-order valence-electron chi connectivity index (χ0n) is 16.8. The molecule has 31 heavy (non-hydrogen) atoms. The fourth-order valence-corrected chi connectivity index (χ4v) is 4.19. The molecule has 2 aromatic carbocycles. The SMILES string of the molecule is Cc1ccc(N2C(=O)C[C@H](c3c(C)[nH]n(-c4nc5ccccc5[nH]4)c3=O)C2=O)cc1Cl. The number of imidazole rings is 1. The number of imide groups is 1. The van der Waals surface area contributed by atoms with Crippen molar-refractivity contribution in [2.45, 2.75) is 26.2 Å². The van der Waals surface area contributed by atoms with Crippen molar-refractivity contribution < 1.29 is 9.59 Å². The number of hydrogen-bond acceptors (Lipinski definition) is 4. The fraction of sp³-hybridized carbons (Fsp3) is 0.182. The van der Waals surface area contributed by atoms with Gasteiger partial charge in [0.05, 0.1) is 28.2 Å². The highest BCUT2D eigenvalue weighted by Crippen LogP contribution is 2.34. The van der Waals surface area contributed by atoms with E-state index in [4.69, 9.17) is 11.6 Å². The third-order valence-electron chi connectivity index (χ3n) is 5.61. The molecule has 0 radical (unpaired) electrons. The van der Waals surface area contributed by atoms with Gasteiger partial charge >= 0.3 is 0 Å². The van der Waals surface area contributed by atoms with Crippen LogP contribution < -0.4 is 10.5 Å². The Morgan fingerprint density at radius 1 is 1.10 bits per heavy atom. The van der Waals surface area contributed by atoms with Crippen LogP contribution in [0.2, 0.25) is 5.02 Å². The van der Waals surface area contributed by atoms with Crippen LogP contribution in [-0.2, 0) is 9.59 Å². The summed E-state index contributed by atoms with van der Waals surface area (Å²) in [7, 11) is 0. The highest BCUT2D eigenvalue weighted by atomic mass is 35.5. The van der Waals surface area contributed by atoms with Gasteiger partial charge in [-0.05, 0) is 43.7 Å². The van der Waals surface area contributed by atoms with Gasteiger partial charge in [0.2, 0.25) is 17.8 Å². The highest BCUT2D eigenvalue weighted by molar-refractivity contribution is 6.32. The standard InChI is InChI=1S/C22H18ClN5O3/c1-11-7-8-13(9-15(11)23)27-18(29)10-14(20(27)30)19-12(2)26-28(21(19)31)22-24-16-5-3-4-6-17(16)25-22/h3-9,14,26H,10H2,1-2H3,(H,24,25)/t14-/m1/s1. The Labute approximate surface area is 181 Å². The summed E-state index contributed by atoms with van der Waals surface area (Å²) in [5, 5.41) is 3.45. The van der Waals surface area contributed by atoms with Crippen molar-refractivity contribution >= 4 is 40.1 Å². The Morgan fingerprint density at radius 2 is 1.87 bits per heavy atom. The molecule has 0 unspecified atom stereocenters. The molecule has 2 N–H and O–H groups in total. The number of aromatic amines is 2. The van der Waals surface area contributed by atoms with Crippen LogP contribution in [0.1, 0.15) is 29.2 Å². The average Bonchev–Trinajstić information content (AvgIpc) is 3.37. The quantitative estimate of drug-likeness (QED) is 0.481. The summed E-state index contributed by atoms with van der Waals surface area (Å²) in [6.07, 6.45) is -0.0849. The summed E-state index contributed by atoms with van der Waals surface area (Å²) in [5.41, 5.74) is 3.11. The molecule has 8 nitrogen and oxygen atoms in total. The summed E-state index contributed by atoms with van der Waals surface area (Å²) in [6.45, 7) is 3.55. The van der Waals surface area contributed by atoms with Crippen LogP contribution >= 0.6 is 11.6 Å². The topological polar surface area (TPSA) is 104 Å². The molecule has 0 saturated carbocycles. The fourth-order valence-electron chi connectivity index (χ4n) is 4.01. The molecule has 0 spiro atoms. The number of nitrogens with zero attached hydrogens (tertiary/aromatic N) is 3. The van der Waals surface area contributed by atoms with E-state index in [0.717, 1.165) is 16.0 Å². The van der Waals surface area contributed by atoms with Gasteiger partial charge in [0.15, 0.2) is 0 Å². The third kappa shape index (κ3) is 2.98. The smallest absolute Gasteiger partial charge is 0.278 e. The molecule has 9 heteroatoms. The lowest BCUT2D eigenvalue weighted by molar-refractivity contribution is -0.121. The summed E-state index contributed by atoms with van der Waals surface area (Å²) in [5.74, 6) is -1.37. The number of anilines is 1. The Morgan fingerprint density at radius 3 is 2.61 bits per heavy atom. The molecule has 2 amide bonds. The second kappa shape index (κ2) is 6.95. The monoisotopic (exact) mass is 435 g/mol. The average molecular weight is 436 g/mol. The molecule has 1 saturated heterocycles. The molecule has 4 aromatic rings. The summed E-state index contributed by atoms with van der Waals surface area (Å²) >= 11 is 6.18. The number of carbonyl (C=O) groups is 2. The molecular formula is C22H18ClN5O3. The number of H-pyrrole nitrogens is 2. The number of carbonyl (C=O) groups excluding carboxylic acids is 2. The number of benzene rings is 2. The molecule has 1 aliphatic heterocycles. The molecule has 156 valence electrons. The van der Waals surface area contributed by atoms with Gasteiger partial charge in [-0.2, -0.15) is 4.68 Å². The summed E-state index contributed by atoms with van der Waals surface area (Å²) in [6, 6.07) is 12.4. The Bertz CT molecular complexity index is 1400. The van der Waals surface area contributed by atoms with E-state index in [1.165, 1.54) is 4.68 Å². The zero-order chi connectivity index (χ0) is 21.9. The van der Waals surface area contributed by atoms with E-state index in [2.05, 4.69) is 15.1 Å². The van der Waals surface area contributed by atoms with Gasteiger partial charge in [-0.25, -0.2) is 9.88 Å². The Balaban J connectivity index is 1.55. The first-order valence-corrected chi connectivity index (χ1v) is 10.1. The van der Waals surface area contributed by atoms with Gasteiger partial charge in [-0.1, -0.05) is 29.8 Å². The van der Waals surface area contributed by atoms with Crippen molar-refractivity contribution in [2.24, 2.45) is 0 Å². The number of hydrogen-bond donors (Lipinski definition) is 2. The zero-order valence-corrected chi connectivity index (χ0v) is 17.5. The van der Waals surface area contributed by atoms with E-state index >= 15 is 0 Å². The Kier molecular flexibility index (Phi) is 4.33. The lowest BCUT2D eigenvalue weighted by atomic mass is 9.98. The van der Waals surface area contributed by atoms with Gasteiger partial charge in [0.1, 0.15) is 0 Å². The first-order chi connectivity index (χ1) is 14.8. The highest BCUT2D eigenvalue weighted by Gasteiger charge is 2.43. The van der Waals surface area contributed by atoms with E-state index in [1.807, 2.05) is 31.2 Å². The van der Waals surface area contributed by atoms with Gasteiger partial charge in [-0.3, -0.25) is 19.5 Å². The molecule has 1 fully saturated rings. The van der Waals surface area contributed by atoms with Gasteiger partial charge in [-0.15, -0.1) is 0 Å².